The number of nitrogens with zero attached hydrogens (tertiary/aromatic N) is 2. The van der Waals surface area contributed by atoms with Crippen LogP contribution in [0.3, 0.4) is 0 Å². The van der Waals surface area contributed by atoms with Gasteiger partial charge in [-0.15, -0.1) is 0 Å². The SMILES string of the molecule is CNC(c1c(Cl)cnn1C)C1Cc2ccccc2O1. The first-order valence-corrected chi connectivity index (χ1v) is 6.67. The summed E-state index contributed by atoms with van der Waals surface area (Å²) in [6.45, 7) is 0. The molecule has 19 heavy (non-hydrogen) atoms. The van der Waals surface area contributed by atoms with Crippen LogP contribution < -0.4 is 10.1 Å². The Morgan fingerprint density at radius 1 is 1.47 bits per heavy atom. The molecule has 0 fully saturated rings. The summed E-state index contributed by atoms with van der Waals surface area (Å²) in [7, 11) is 3.81. The van der Waals surface area contributed by atoms with Gasteiger partial charge in [0.15, 0.2) is 0 Å². The molecule has 1 aromatic heterocycles. The molecule has 2 unspecified atom stereocenters. The Morgan fingerprint density at radius 2 is 2.26 bits per heavy atom. The molecule has 4 nitrogen and oxygen atoms in total. The van der Waals surface area contributed by atoms with Crippen LogP contribution >= 0.6 is 11.6 Å². The maximum absolute atomic E-state index is 6.23. The van der Waals surface area contributed by atoms with Crippen molar-refractivity contribution in [3.05, 3.63) is 46.7 Å². The van der Waals surface area contributed by atoms with Crippen molar-refractivity contribution in [1.82, 2.24) is 15.1 Å². The van der Waals surface area contributed by atoms with E-state index >= 15 is 0 Å². The van der Waals surface area contributed by atoms with E-state index in [9.17, 15) is 0 Å². The number of para-hydroxylation sites is 1. The Kier molecular flexibility index (Phi) is 3.21. The average Bonchev–Trinajstić information content (AvgIpc) is 2.97. The quantitative estimate of drug-likeness (QED) is 0.936. The molecule has 0 saturated heterocycles. The highest BCUT2D eigenvalue weighted by molar-refractivity contribution is 6.31. The molecule has 100 valence electrons. The monoisotopic (exact) mass is 277 g/mol. The first-order valence-electron chi connectivity index (χ1n) is 6.30. The lowest BCUT2D eigenvalue weighted by Crippen LogP contribution is -2.34. The number of rotatable bonds is 3. The van der Waals surface area contributed by atoms with Gasteiger partial charge in [0.2, 0.25) is 0 Å². The van der Waals surface area contributed by atoms with Gasteiger partial charge in [-0.1, -0.05) is 29.8 Å². The minimum Gasteiger partial charge on any atom is -0.488 e. The molecule has 3 rings (SSSR count). The fraction of sp³-hybridized carbons (Fsp3) is 0.357. The van der Waals surface area contributed by atoms with Crippen LogP contribution in [0.5, 0.6) is 5.75 Å². The molecule has 2 atom stereocenters. The number of hydrogen-bond acceptors (Lipinski definition) is 3. The summed E-state index contributed by atoms with van der Waals surface area (Å²) in [5.41, 5.74) is 2.20. The number of aryl methyl sites for hydroxylation is 1. The van der Waals surface area contributed by atoms with Crippen molar-refractivity contribution in [1.29, 1.82) is 0 Å². The van der Waals surface area contributed by atoms with E-state index in [0.717, 1.165) is 17.9 Å². The Hall–Kier alpha value is -1.52. The van der Waals surface area contributed by atoms with Crippen LogP contribution in [0.25, 0.3) is 0 Å². The second-order valence-electron chi connectivity index (χ2n) is 4.74. The number of halogens is 1. The van der Waals surface area contributed by atoms with E-state index in [1.165, 1.54) is 5.56 Å². The number of fused-ring (bicyclic) bond motifs is 1. The van der Waals surface area contributed by atoms with Gasteiger partial charge < -0.3 is 10.1 Å². The van der Waals surface area contributed by atoms with Crippen molar-refractivity contribution in [2.45, 2.75) is 18.6 Å². The highest BCUT2D eigenvalue weighted by atomic mass is 35.5. The summed E-state index contributed by atoms with van der Waals surface area (Å²) in [4.78, 5) is 0. The largest absolute Gasteiger partial charge is 0.488 e. The van der Waals surface area contributed by atoms with Crippen molar-refractivity contribution < 1.29 is 4.74 Å². The van der Waals surface area contributed by atoms with Gasteiger partial charge in [-0.05, 0) is 18.7 Å². The molecule has 0 saturated carbocycles. The molecular formula is C14H16ClN3O. The Morgan fingerprint density at radius 3 is 2.89 bits per heavy atom. The smallest absolute Gasteiger partial charge is 0.124 e. The van der Waals surface area contributed by atoms with Gasteiger partial charge in [0.25, 0.3) is 0 Å². The fourth-order valence-electron chi connectivity index (χ4n) is 2.66. The number of aromatic nitrogens is 2. The summed E-state index contributed by atoms with van der Waals surface area (Å²) in [5, 5.41) is 8.16. The lowest BCUT2D eigenvalue weighted by atomic mass is 10.0. The molecule has 0 aliphatic carbocycles. The molecule has 0 radical (unpaired) electrons. The summed E-state index contributed by atoms with van der Waals surface area (Å²) in [6, 6.07) is 8.16. The summed E-state index contributed by atoms with van der Waals surface area (Å²) < 4.78 is 7.83. The van der Waals surface area contributed by atoms with Crippen LogP contribution in [0.4, 0.5) is 0 Å². The first-order chi connectivity index (χ1) is 9.20. The van der Waals surface area contributed by atoms with Crippen LogP contribution in [-0.2, 0) is 13.5 Å². The van der Waals surface area contributed by atoms with Crippen molar-refractivity contribution in [2.75, 3.05) is 7.05 Å². The third-order valence-electron chi connectivity index (χ3n) is 3.59. The van der Waals surface area contributed by atoms with Gasteiger partial charge in [-0.3, -0.25) is 4.68 Å². The van der Waals surface area contributed by atoms with Crippen LogP contribution in [0.1, 0.15) is 17.3 Å². The van der Waals surface area contributed by atoms with Crippen molar-refractivity contribution in [3.63, 3.8) is 0 Å². The van der Waals surface area contributed by atoms with Crippen molar-refractivity contribution >= 4 is 11.6 Å². The minimum atomic E-state index is 0.0207. The minimum absolute atomic E-state index is 0.0207. The highest BCUT2D eigenvalue weighted by Crippen LogP contribution is 2.35. The van der Waals surface area contributed by atoms with Gasteiger partial charge in [-0.2, -0.15) is 5.10 Å². The van der Waals surface area contributed by atoms with E-state index in [-0.39, 0.29) is 12.1 Å². The molecular weight excluding hydrogens is 262 g/mol. The van der Waals surface area contributed by atoms with Crippen LogP contribution in [-0.4, -0.2) is 22.9 Å². The Labute approximate surface area is 117 Å². The Balaban J connectivity index is 1.90. The normalized spacial score (nSPS) is 19.0. The number of ether oxygens (including phenoxy) is 1. The highest BCUT2D eigenvalue weighted by Gasteiger charge is 2.33. The van der Waals surface area contributed by atoms with E-state index in [0.29, 0.717) is 5.02 Å². The molecule has 1 aliphatic rings. The third-order valence-corrected chi connectivity index (χ3v) is 3.88. The second-order valence-corrected chi connectivity index (χ2v) is 5.14. The molecule has 1 aromatic carbocycles. The third kappa shape index (κ3) is 2.11. The van der Waals surface area contributed by atoms with Gasteiger partial charge >= 0.3 is 0 Å². The fourth-order valence-corrected chi connectivity index (χ4v) is 2.95. The van der Waals surface area contributed by atoms with Crippen LogP contribution in [0.15, 0.2) is 30.5 Å². The molecule has 0 bridgehead atoms. The zero-order chi connectivity index (χ0) is 13.4. The predicted octanol–water partition coefficient (Wildman–Crippen LogP) is 2.34. The van der Waals surface area contributed by atoms with Gasteiger partial charge in [-0.25, -0.2) is 0 Å². The molecule has 2 aromatic rings. The average molecular weight is 278 g/mol. The zero-order valence-electron chi connectivity index (χ0n) is 10.9. The van der Waals surface area contributed by atoms with Gasteiger partial charge in [0.05, 0.1) is 23.0 Å². The topological polar surface area (TPSA) is 39.1 Å². The number of hydrogen-bond donors (Lipinski definition) is 1. The standard InChI is InChI=1S/C14H16ClN3O/c1-16-13(14-10(15)8-17-18(14)2)12-7-9-5-3-4-6-11(9)19-12/h3-6,8,12-13,16H,7H2,1-2H3. The zero-order valence-corrected chi connectivity index (χ0v) is 11.7. The second kappa shape index (κ2) is 4.87. The predicted molar refractivity (Wildman–Crippen MR) is 74.6 cm³/mol. The molecule has 0 spiro atoms. The van der Waals surface area contributed by atoms with E-state index < -0.39 is 0 Å². The van der Waals surface area contributed by atoms with Crippen molar-refractivity contribution in [3.8, 4) is 5.75 Å². The van der Waals surface area contributed by atoms with Crippen LogP contribution in [0, 0.1) is 0 Å². The number of benzene rings is 1. The molecule has 1 aliphatic heterocycles. The molecule has 0 amide bonds. The Bertz CT molecular complexity index is 552. The van der Waals surface area contributed by atoms with E-state index in [1.807, 2.05) is 32.3 Å². The summed E-state index contributed by atoms with van der Waals surface area (Å²) in [6.07, 6.45) is 2.59. The van der Waals surface area contributed by atoms with E-state index in [4.69, 9.17) is 16.3 Å². The summed E-state index contributed by atoms with van der Waals surface area (Å²) in [5.74, 6) is 0.964. The lowest BCUT2D eigenvalue weighted by molar-refractivity contribution is 0.179. The first kappa shape index (κ1) is 12.5. The number of likely N-dealkylation sites (N-methyl/N-ethyl adjacent to an activating group) is 1. The molecule has 2 heterocycles. The maximum Gasteiger partial charge on any atom is 0.124 e. The van der Waals surface area contributed by atoms with Gasteiger partial charge in [0, 0.05) is 13.5 Å². The maximum atomic E-state index is 6.23. The van der Waals surface area contributed by atoms with E-state index in [1.54, 1.807) is 10.9 Å². The molecule has 5 heteroatoms. The lowest BCUT2D eigenvalue weighted by Gasteiger charge is -2.23. The number of nitrogens with one attached hydrogen (secondary N) is 1. The van der Waals surface area contributed by atoms with Gasteiger partial charge in [0.1, 0.15) is 11.9 Å². The van der Waals surface area contributed by atoms with E-state index in [2.05, 4.69) is 16.5 Å². The van der Waals surface area contributed by atoms with Crippen LogP contribution in [0.2, 0.25) is 5.02 Å². The van der Waals surface area contributed by atoms with Crippen molar-refractivity contribution in [2.24, 2.45) is 7.05 Å². The summed E-state index contributed by atoms with van der Waals surface area (Å²) >= 11 is 6.23. The molecule has 1 N–H and O–H groups in total.